The first-order chi connectivity index (χ1) is 23.2. The minimum Gasteiger partial charge on any atom is -0.379 e. The topological polar surface area (TPSA) is 111 Å². The molecule has 1 heterocycles. The van der Waals surface area contributed by atoms with Crippen LogP contribution < -0.4 is 10.6 Å². The van der Waals surface area contributed by atoms with E-state index < -0.39 is 12.1 Å². The van der Waals surface area contributed by atoms with E-state index >= 15 is 0 Å². The van der Waals surface area contributed by atoms with Gasteiger partial charge in [-0.3, -0.25) is 24.1 Å². The molecule has 2 rings (SSSR count). The molecule has 278 valence electrons. The number of hydrogen-bond donors (Lipinski definition) is 2. The van der Waals surface area contributed by atoms with Gasteiger partial charge in [0.25, 0.3) is 0 Å². The zero-order valence-corrected chi connectivity index (χ0v) is 32.8. The summed E-state index contributed by atoms with van der Waals surface area (Å²) in [5.74, 6) is -0.408. The van der Waals surface area contributed by atoms with Gasteiger partial charge in [0.1, 0.15) is 6.04 Å². The van der Waals surface area contributed by atoms with E-state index in [-0.39, 0.29) is 71.3 Å². The lowest BCUT2D eigenvalue weighted by atomic mass is 9.89. The first-order valence-electron chi connectivity index (χ1n) is 18.1. The summed E-state index contributed by atoms with van der Waals surface area (Å²) in [7, 11) is 7.10. The maximum atomic E-state index is 14.1. The lowest BCUT2D eigenvalue weighted by molar-refractivity contribution is -0.146. The SMILES string of the molecule is CCC(C)C(C(CC(=O)N1CCCC1CCC(=O)NC(Cc1ccccc1)SC)OC)N(C)C(=O)C(NC(=O)C(C(C)C)N(C)C)C(C)C. The molecular weight excluding hydrogens is 639 g/mol. The van der Waals surface area contributed by atoms with E-state index in [1.807, 2.05) is 76.0 Å². The Morgan fingerprint density at radius 1 is 1.00 bits per heavy atom. The Morgan fingerprint density at radius 3 is 2.18 bits per heavy atom. The van der Waals surface area contributed by atoms with Crippen molar-refractivity contribution in [3.8, 4) is 0 Å². The summed E-state index contributed by atoms with van der Waals surface area (Å²) in [6.07, 6.45) is 5.86. The molecule has 49 heavy (non-hydrogen) atoms. The van der Waals surface area contributed by atoms with E-state index in [1.54, 1.807) is 30.8 Å². The zero-order chi connectivity index (χ0) is 36.8. The molecule has 2 N–H and O–H groups in total. The Hall–Kier alpha value is -2.63. The van der Waals surface area contributed by atoms with Gasteiger partial charge < -0.3 is 25.2 Å². The van der Waals surface area contributed by atoms with Crippen LogP contribution in [0.4, 0.5) is 0 Å². The Kier molecular flexibility index (Phi) is 18.1. The molecule has 10 nitrogen and oxygen atoms in total. The van der Waals surface area contributed by atoms with Crippen LogP contribution in [0.15, 0.2) is 30.3 Å². The Balaban J connectivity index is 2.12. The van der Waals surface area contributed by atoms with Gasteiger partial charge in [-0.05, 0) is 62.9 Å². The van der Waals surface area contributed by atoms with Gasteiger partial charge in [0.05, 0.1) is 30.0 Å². The quantitative estimate of drug-likeness (QED) is 0.188. The van der Waals surface area contributed by atoms with Crippen molar-refractivity contribution in [2.24, 2.45) is 17.8 Å². The Morgan fingerprint density at radius 2 is 1.65 bits per heavy atom. The second-order valence-corrected chi connectivity index (χ2v) is 15.6. The van der Waals surface area contributed by atoms with Crippen LogP contribution in [0.3, 0.4) is 0 Å². The summed E-state index contributed by atoms with van der Waals surface area (Å²) in [5, 5.41) is 6.20. The van der Waals surface area contributed by atoms with Crippen LogP contribution in [0.5, 0.6) is 0 Å². The number of thioether (sulfide) groups is 1. The first kappa shape index (κ1) is 42.5. The molecule has 1 aliphatic rings. The van der Waals surface area contributed by atoms with Gasteiger partial charge in [0.15, 0.2) is 0 Å². The van der Waals surface area contributed by atoms with E-state index in [1.165, 1.54) is 5.56 Å². The number of hydrogen-bond acceptors (Lipinski definition) is 7. The van der Waals surface area contributed by atoms with Gasteiger partial charge >= 0.3 is 0 Å². The lowest BCUT2D eigenvalue weighted by Crippen LogP contribution is -2.59. The van der Waals surface area contributed by atoms with Crippen molar-refractivity contribution in [2.45, 2.75) is 122 Å². The predicted octanol–water partition coefficient (Wildman–Crippen LogP) is 4.81. The molecule has 0 aliphatic carbocycles. The zero-order valence-electron chi connectivity index (χ0n) is 32.0. The third-order valence-electron chi connectivity index (χ3n) is 10.0. The van der Waals surface area contributed by atoms with Crippen LogP contribution in [0.1, 0.15) is 85.6 Å². The van der Waals surface area contributed by atoms with Crippen molar-refractivity contribution in [1.82, 2.24) is 25.3 Å². The number of nitrogens with zero attached hydrogens (tertiary/aromatic N) is 3. The number of ether oxygens (including phenoxy) is 1. The summed E-state index contributed by atoms with van der Waals surface area (Å²) in [4.78, 5) is 59.8. The molecule has 1 saturated heterocycles. The molecule has 0 aromatic heterocycles. The van der Waals surface area contributed by atoms with Gasteiger partial charge in [-0.2, -0.15) is 0 Å². The molecule has 0 saturated carbocycles. The predicted molar refractivity (Wildman–Crippen MR) is 200 cm³/mol. The number of carbonyl (C=O) groups excluding carboxylic acids is 4. The highest BCUT2D eigenvalue weighted by molar-refractivity contribution is 7.99. The average Bonchev–Trinajstić information content (AvgIpc) is 3.54. The van der Waals surface area contributed by atoms with Crippen LogP contribution in [0, 0.1) is 17.8 Å². The van der Waals surface area contributed by atoms with Crippen LogP contribution in [0.25, 0.3) is 0 Å². The van der Waals surface area contributed by atoms with Crippen molar-refractivity contribution in [3.63, 3.8) is 0 Å². The molecule has 1 aliphatic heterocycles. The van der Waals surface area contributed by atoms with Crippen LogP contribution in [-0.2, 0) is 30.3 Å². The normalized spacial score (nSPS) is 18.6. The molecule has 0 spiro atoms. The Labute approximate surface area is 300 Å². The second-order valence-electron chi connectivity index (χ2n) is 14.6. The fraction of sp³-hybridized carbons (Fsp3) is 0.737. The number of nitrogens with one attached hydrogen (secondary N) is 2. The number of likely N-dealkylation sites (tertiary alicyclic amines) is 1. The number of methoxy groups -OCH3 is 1. The third-order valence-corrected chi connectivity index (χ3v) is 10.9. The van der Waals surface area contributed by atoms with E-state index in [2.05, 4.69) is 36.6 Å². The van der Waals surface area contributed by atoms with Crippen molar-refractivity contribution >= 4 is 35.4 Å². The maximum absolute atomic E-state index is 14.1. The number of likely N-dealkylation sites (N-methyl/N-ethyl adjacent to an activating group) is 2. The van der Waals surface area contributed by atoms with Gasteiger partial charge in [-0.25, -0.2) is 0 Å². The molecule has 1 aromatic carbocycles. The van der Waals surface area contributed by atoms with Gasteiger partial charge in [-0.1, -0.05) is 78.3 Å². The molecule has 4 amide bonds. The van der Waals surface area contributed by atoms with E-state index in [0.29, 0.717) is 19.4 Å². The molecule has 1 fully saturated rings. The van der Waals surface area contributed by atoms with Gasteiger partial charge in [-0.15, -0.1) is 11.8 Å². The largest absolute Gasteiger partial charge is 0.379 e. The number of amides is 4. The highest BCUT2D eigenvalue weighted by Crippen LogP contribution is 2.27. The Bertz CT molecular complexity index is 1170. The minimum atomic E-state index is -0.717. The standard InChI is InChI=1S/C38H65N5O5S/c1-12-27(6)36(42(9)38(47)34(25(2)3)40-37(46)35(26(4)5)41(7)8)30(48-10)24-33(45)43-22-16-19-29(43)20-21-31(44)39-32(49-11)23-28-17-14-13-15-18-28/h13-15,17-18,25-27,29-30,32,34-36H,12,16,19-24H2,1-11H3,(H,39,44)(H,40,46). The van der Waals surface area contributed by atoms with Crippen molar-refractivity contribution < 1.29 is 23.9 Å². The van der Waals surface area contributed by atoms with E-state index in [0.717, 1.165) is 25.7 Å². The van der Waals surface area contributed by atoms with E-state index in [9.17, 15) is 19.2 Å². The maximum Gasteiger partial charge on any atom is 0.245 e. The number of carbonyl (C=O) groups is 4. The fourth-order valence-electron chi connectivity index (χ4n) is 7.16. The average molecular weight is 704 g/mol. The highest BCUT2D eigenvalue weighted by atomic mass is 32.2. The number of benzene rings is 1. The van der Waals surface area contributed by atoms with Crippen LogP contribution in [0.2, 0.25) is 0 Å². The number of rotatable bonds is 20. The highest BCUT2D eigenvalue weighted by Gasteiger charge is 2.40. The fourth-order valence-corrected chi connectivity index (χ4v) is 7.77. The molecule has 7 atom stereocenters. The van der Waals surface area contributed by atoms with Crippen LogP contribution >= 0.6 is 11.8 Å². The van der Waals surface area contributed by atoms with Gasteiger partial charge in [0, 0.05) is 39.6 Å². The molecule has 11 heteroatoms. The second kappa shape index (κ2) is 20.9. The molecule has 0 radical (unpaired) electrons. The van der Waals surface area contributed by atoms with Gasteiger partial charge in [0.2, 0.25) is 23.6 Å². The summed E-state index contributed by atoms with van der Waals surface area (Å²) >= 11 is 1.63. The third kappa shape index (κ3) is 12.6. The van der Waals surface area contributed by atoms with Crippen molar-refractivity contribution in [3.05, 3.63) is 35.9 Å². The smallest absolute Gasteiger partial charge is 0.245 e. The summed E-state index contributed by atoms with van der Waals surface area (Å²) in [6, 6.07) is 8.67. The van der Waals surface area contributed by atoms with E-state index in [4.69, 9.17) is 4.74 Å². The summed E-state index contributed by atoms with van der Waals surface area (Å²) in [5.41, 5.74) is 1.18. The van der Waals surface area contributed by atoms with Crippen molar-refractivity contribution in [2.75, 3.05) is 41.1 Å². The summed E-state index contributed by atoms with van der Waals surface area (Å²) in [6.45, 7) is 12.7. The summed E-state index contributed by atoms with van der Waals surface area (Å²) < 4.78 is 6.00. The first-order valence-corrected chi connectivity index (χ1v) is 19.4. The molecule has 7 unspecified atom stereocenters. The minimum absolute atomic E-state index is 0.00147. The lowest BCUT2D eigenvalue weighted by Gasteiger charge is -2.40. The molecule has 1 aromatic rings. The van der Waals surface area contributed by atoms with Crippen LogP contribution in [-0.4, -0.2) is 115 Å². The van der Waals surface area contributed by atoms with Crippen molar-refractivity contribution in [1.29, 1.82) is 0 Å². The molecule has 0 bridgehead atoms. The molecular formula is C38H65N5O5S. The monoisotopic (exact) mass is 703 g/mol.